The Hall–Kier alpha value is -1.52. The fraction of sp³-hybridized carbons (Fsp3) is 0.250. The van der Waals surface area contributed by atoms with Gasteiger partial charge in [-0.15, -0.1) is 0 Å². The predicted molar refractivity (Wildman–Crippen MR) is 67.5 cm³/mol. The molecular weight excluding hydrogens is 238 g/mol. The van der Waals surface area contributed by atoms with E-state index in [-0.39, 0.29) is 5.92 Å². The van der Waals surface area contributed by atoms with Crippen molar-refractivity contribution < 1.29 is 4.74 Å². The number of imidazole rings is 1. The Morgan fingerprint density at radius 3 is 2.88 bits per heavy atom. The number of halogens is 1. The molecule has 0 fully saturated rings. The smallest absolute Gasteiger partial charge is 0.120 e. The van der Waals surface area contributed by atoms with Crippen LogP contribution in [-0.2, 0) is 0 Å². The van der Waals surface area contributed by atoms with Crippen LogP contribution in [0, 0.1) is 0 Å². The second-order valence-electron chi connectivity index (χ2n) is 3.65. The maximum atomic E-state index is 6.22. The van der Waals surface area contributed by atoms with Gasteiger partial charge in [0.1, 0.15) is 11.6 Å². The highest BCUT2D eigenvalue weighted by Crippen LogP contribution is 2.30. The first-order valence-corrected chi connectivity index (χ1v) is 5.67. The molecule has 4 nitrogen and oxygen atoms in total. The second-order valence-corrected chi connectivity index (χ2v) is 4.06. The number of hydrogen-bond acceptors (Lipinski definition) is 3. The molecule has 1 atom stereocenters. The van der Waals surface area contributed by atoms with Gasteiger partial charge in [-0.2, -0.15) is 0 Å². The number of aromatic nitrogens is 2. The molecule has 0 saturated heterocycles. The summed E-state index contributed by atoms with van der Waals surface area (Å²) in [4.78, 5) is 7.28. The summed E-state index contributed by atoms with van der Waals surface area (Å²) in [7, 11) is 1.61. The Balaban J connectivity index is 2.38. The molecular formula is C12H14ClN3O. The molecule has 0 aliphatic heterocycles. The number of benzene rings is 1. The molecule has 2 aromatic rings. The van der Waals surface area contributed by atoms with Crippen LogP contribution in [0.5, 0.6) is 5.75 Å². The van der Waals surface area contributed by atoms with Crippen molar-refractivity contribution in [2.45, 2.75) is 5.92 Å². The average Bonchev–Trinajstić information content (AvgIpc) is 2.85. The predicted octanol–water partition coefficient (Wildman–Crippen LogP) is 2.16. The molecule has 1 aromatic carbocycles. The first kappa shape index (κ1) is 12.0. The number of nitrogens with zero attached hydrogens (tertiary/aromatic N) is 1. The van der Waals surface area contributed by atoms with Crippen molar-refractivity contribution in [3.05, 3.63) is 47.0 Å². The Kier molecular flexibility index (Phi) is 3.66. The van der Waals surface area contributed by atoms with Crippen LogP contribution in [0.1, 0.15) is 17.3 Å². The number of nitrogens with two attached hydrogens (primary N) is 1. The minimum atomic E-state index is -0.0246. The number of nitrogens with one attached hydrogen (secondary N) is 1. The van der Waals surface area contributed by atoms with Crippen LogP contribution in [0.4, 0.5) is 0 Å². The summed E-state index contributed by atoms with van der Waals surface area (Å²) in [6.07, 6.45) is 3.48. The van der Waals surface area contributed by atoms with E-state index in [1.807, 2.05) is 12.1 Å². The highest BCUT2D eigenvalue weighted by atomic mass is 35.5. The van der Waals surface area contributed by atoms with Crippen LogP contribution in [-0.4, -0.2) is 23.6 Å². The van der Waals surface area contributed by atoms with Crippen molar-refractivity contribution in [1.29, 1.82) is 0 Å². The SMILES string of the molecule is COc1ccc(C(CN)c2ncc[nH]2)c(Cl)c1. The Morgan fingerprint density at radius 2 is 2.35 bits per heavy atom. The first-order chi connectivity index (χ1) is 8.26. The zero-order valence-electron chi connectivity index (χ0n) is 9.48. The van der Waals surface area contributed by atoms with Gasteiger partial charge >= 0.3 is 0 Å². The summed E-state index contributed by atoms with van der Waals surface area (Å²) in [6.45, 7) is 0.444. The van der Waals surface area contributed by atoms with Gasteiger partial charge in [-0.05, 0) is 17.7 Å². The molecule has 0 spiro atoms. The molecule has 2 rings (SSSR count). The van der Waals surface area contributed by atoms with Crippen molar-refractivity contribution in [2.75, 3.05) is 13.7 Å². The second kappa shape index (κ2) is 5.21. The standard InChI is InChI=1S/C12H14ClN3O/c1-17-8-2-3-9(11(13)6-8)10(7-14)12-15-4-5-16-12/h2-6,10H,7,14H2,1H3,(H,15,16). The third-order valence-corrected chi connectivity index (χ3v) is 3.00. The Labute approximate surface area is 105 Å². The molecule has 17 heavy (non-hydrogen) atoms. The van der Waals surface area contributed by atoms with Gasteiger partial charge in [-0.3, -0.25) is 0 Å². The zero-order valence-corrected chi connectivity index (χ0v) is 10.2. The van der Waals surface area contributed by atoms with E-state index >= 15 is 0 Å². The number of methoxy groups -OCH3 is 1. The first-order valence-electron chi connectivity index (χ1n) is 5.29. The van der Waals surface area contributed by atoms with Gasteiger partial charge < -0.3 is 15.5 Å². The largest absolute Gasteiger partial charge is 0.497 e. The summed E-state index contributed by atoms with van der Waals surface area (Å²) < 4.78 is 5.11. The fourth-order valence-corrected chi connectivity index (χ4v) is 2.07. The van der Waals surface area contributed by atoms with Gasteiger partial charge in [0, 0.05) is 24.0 Å². The maximum Gasteiger partial charge on any atom is 0.120 e. The van der Waals surface area contributed by atoms with E-state index in [0.717, 1.165) is 17.1 Å². The number of H-pyrrole nitrogens is 1. The van der Waals surface area contributed by atoms with Crippen molar-refractivity contribution in [3.63, 3.8) is 0 Å². The van der Waals surface area contributed by atoms with E-state index in [2.05, 4.69) is 9.97 Å². The third-order valence-electron chi connectivity index (χ3n) is 2.67. The van der Waals surface area contributed by atoms with Gasteiger partial charge in [-0.1, -0.05) is 17.7 Å². The van der Waals surface area contributed by atoms with Crippen molar-refractivity contribution in [1.82, 2.24) is 9.97 Å². The normalized spacial score (nSPS) is 12.4. The number of rotatable bonds is 4. The van der Waals surface area contributed by atoms with Gasteiger partial charge in [0.05, 0.1) is 13.0 Å². The van der Waals surface area contributed by atoms with Crippen LogP contribution in [0.3, 0.4) is 0 Å². The Morgan fingerprint density at radius 1 is 1.53 bits per heavy atom. The van der Waals surface area contributed by atoms with E-state index in [0.29, 0.717) is 11.6 Å². The minimum absolute atomic E-state index is 0.0246. The van der Waals surface area contributed by atoms with E-state index in [1.54, 1.807) is 25.6 Å². The molecule has 0 aliphatic carbocycles. The molecule has 1 aromatic heterocycles. The highest BCUT2D eigenvalue weighted by molar-refractivity contribution is 6.31. The molecule has 0 bridgehead atoms. The van der Waals surface area contributed by atoms with Crippen LogP contribution < -0.4 is 10.5 Å². The van der Waals surface area contributed by atoms with E-state index in [9.17, 15) is 0 Å². The van der Waals surface area contributed by atoms with E-state index in [1.165, 1.54) is 0 Å². The third kappa shape index (κ3) is 2.43. The van der Waals surface area contributed by atoms with Crippen molar-refractivity contribution in [2.24, 2.45) is 5.73 Å². The molecule has 5 heteroatoms. The van der Waals surface area contributed by atoms with Crippen LogP contribution in [0.25, 0.3) is 0 Å². The van der Waals surface area contributed by atoms with E-state index < -0.39 is 0 Å². The van der Waals surface area contributed by atoms with Crippen LogP contribution in [0.2, 0.25) is 5.02 Å². The lowest BCUT2D eigenvalue weighted by Crippen LogP contribution is -2.15. The fourth-order valence-electron chi connectivity index (χ4n) is 1.77. The molecule has 3 N–H and O–H groups in total. The van der Waals surface area contributed by atoms with Gasteiger partial charge in [0.2, 0.25) is 0 Å². The lowest BCUT2D eigenvalue weighted by molar-refractivity contribution is 0.414. The zero-order chi connectivity index (χ0) is 12.3. The van der Waals surface area contributed by atoms with Gasteiger partial charge in [0.25, 0.3) is 0 Å². The number of aromatic amines is 1. The Bertz CT molecular complexity index is 485. The molecule has 0 amide bonds. The summed E-state index contributed by atoms with van der Waals surface area (Å²) >= 11 is 6.22. The molecule has 0 aliphatic rings. The molecule has 1 heterocycles. The summed E-state index contributed by atoms with van der Waals surface area (Å²) in [5, 5.41) is 0.635. The molecule has 90 valence electrons. The summed E-state index contributed by atoms with van der Waals surface area (Å²) in [5.74, 6) is 1.52. The highest BCUT2D eigenvalue weighted by Gasteiger charge is 2.17. The van der Waals surface area contributed by atoms with E-state index in [4.69, 9.17) is 22.1 Å². The summed E-state index contributed by atoms with van der Waals surface area (Å²) in [5.41, 5.74) is 6.73. The minimum Gasteiger partial charge on any atom is -0.497 e. The molecule has 0 saturated carbocycles. The number of hydrogen-bond donors (Lipinski definition) is 2. The van der Waals surface area contributed by atoms with Gasteiger partial charge in [-0.25, -0.2) is 4.98 Å². The maximum absolute atomic E-state index is 6.22. The number of ether oxygens (including phenoxy) is 1. The van der Waals surface area contributed by atoms with Crippen LogP contribution >= 0.6 is 11.6 Å². The quantitative estimate of drug-likeness (QED) is 0.875. The topological polar surface area (TPSA) is 63.9 Å². The van der Waals surface area contributed by atoms with Crippen molar-refractivity contribution >= 4 is 11.6 Å². The monoisotopic (exact) mass is 251 g/mol. The average molecular weight is 252 g/mol. The molecule has 1 unspecified atom stereocenters. The lowest BCUT2D eigenvalue weighted by Gasteiger charge is -2.15. The van der Waals surface area contributed by atoms with Crippen molar-refractivity contribution in [3.8, 4) is 5.75 Å². The van der Waals surface area contributed by atoms with Gasteiger partial charge in [0.15, 0.2) is 0 Å². The lowest BCUT2D eigenvalue weighted by atomic mass is 9.98. The van der Waals surface area contributed by atoms with Crippen LogP contribution in [0.15, 0.2) is 30.6 Å². The molecule has 0 radical (unpaired) electrons. The summed E-state index contributed by atoms with van der Waals surface area (Å²) in [6, 6.07) is 5.57.